The molecule has 4 heavy (non-hydrogen) atoms. The molecule has 0 heterocycles. The van der Waals surface area contributed by atoms with Crippen LogP contribution in [-0.2, 0) is 18.6 Å². The van der Waals surface area contributed by atoms with Gasteiger partial charge in [0.1, 0.15) is 0 Å². The topological polar surface area (TPSA) is 0 Å². The molecule has 0 nitrogen and oxygen atoms in total. The van der Waals surface area contributed by atoms with E-state index in [4.69, 9.17) is 7.85 Å². The molecule has 3 radical (unpaired) electrons. The molecular formula is CH5BSiV. The van der Waals surface area contributed by atoms with Gasteiger partial charge in [0.25, 0.3) is 0 Å². The summed E-state index contributed by atoms with van der Waals surface area (Å²) >= 11 is 0. The van der Waals surface area contributed by atoms with Gasteiger partial charge in [-0.05, 0) is 10.2 Å². The summed E-state index contributed by atoms with van der Waals surface area (Å²) in [5.74, 6) is 0.889. The Morgan fingerprint density at radius 1 is 1.75 bits per heavy atom. The van der Waals surface area contributed by atoms with Gasteiger partial charge >= 0.3 is 0 Å². The van der Waals surface area contributed by atoms with Crippen LogP contribution in [0.15, 0.2) is 0 Å². The Bertz CT molecular complexity index is 8.00. The molecule has 0 aromatic heterocycles. The fourth-order valence-corrected chi connectivity index (χ4v) is 0. The maximum absolute atomic E-state index is 4.91. The zero-order valence-electron chi connectivity index (χ0n) is 2.73. The van der Waals surface area contributed by atoms with E-state index < -0.39 is 0 Å². The molecule has 0 saturated heterocycles. The third-order valence-corrected chi connectivity index (χ3v) is 0. The second-order valence-electron chi connectivity index (χ2n) is 0.408. The molecule has 0 aromatic rings. The van der Waals surface area contributed by atoms with E-state index in [1.165, 1.54) is 0 Å². The Morgan fingerprint density at radius 3 is 1.75 bits per heavy atom. The summed E-state index contributed by atoms with van der Waals surface area (Å²) in [6.07, 6.45) is 0. The van der Waals surface area contributed by atoms with Gasteiger partial charge in [0, 0.05) is 18.6 Å². The van der Waals surface area contributed by atoms with Crippen molar-refractivity contribution in [1.82, 2.24) is 0 Å². The second kappa shape index (κ2) is 9.12. The smallest absolute Gasteiger partial charge is 0.0602 e. The Balaban J connectivity index is 0. The average Bonchev–Trinajstić information content (AvgIpc) is 0.918. The van der Waals surface area contributed by atoms with Crippen LogP contribution in [0.3, 0.4) is 0 Å². The molecule has 0 aliphatic heterocycles. The van der Waals surface area contributed by atoms with Gasteiger partial charge in [0.15, 0.2) is 0 Å². The first-order valence-corrected chi connectivity index (χ1v) is 2.53. The van der Waals surface area contributed by atoms with Gasteiger partial charge in [-0.25, -0.2) is 0 Å². The molecule has 0 unspecified atom stereocenters. The summed E-state index contributed by atoms with van der Waals surface area (Å²) in [6, 6.07) is 0. The molecule has 3 heteroatoms. The van der Waals surface area contributed by atoms with E-state index in [9.17, 15) is 0 Å². The van der Waals surface area contributed by atoms with Crippen LogP contribution >= 0.6 is 0 Å². The Kier molecular flexibility index (Phi) is 20.2. The van der Waals surface area contributed by atoms with Crippen molar-refractivity contribution in [2.45, 2.75) is 5.94 Å². The van der Waals surface area contributed by atoms with Gasteiger partial charge in [0.2, 0.25) is 0 Å². The van der Waals surface area contributed by atoms with E-state index in [0.717, 1.165) is 16.2 Å². The Hall–Kier alpha value is 0.866. The van der Waals surface area contributed by atoms with Crippen LogP contribution in [0, 0.1) is 0 Å². The number of hydrogen-bond donors (Lipinski definition) is 0. The molecule has 0 rings (SSSR count). The van der Waals surface area contributed by atoms with Gasteiger partial charge in [-0.2, -0.15) is 0 Å². The monoisotopic (exact) mass is 107 g/mol. The normalized spacial score (nSPS) is 5.00. The molecule has 0 aromatic carbocycles. The maximum Gasteiger partial charge on any atom is 0.0602 e. The molecule has 0 atom stereocenters. The summed E-state index contributed by atoms with van der Waals surface area (Å²) in [5, 5.41) is 0. The van der Waals surface area contributed by atoms with Crippen molar-refractivity contribution in [3.05, 3.63) is 0 Å². The molecule has 21 valence electrons. The quantitative estimate of drug-likeness (QED) is 0.344. The van der Waals surface area contributed by atoms with E-state index in [0.29, 0.717) is 0 Å². The third-order valence-electron chi connectivity index (χ3n) is 0. The average molecular weight is 107 g/mol. The summed E-state index contributed by atoms with van der Waals surface area (Å²) in [6.45, 7) is 0. The summed E-state index contributed by atoms with van der Waals surface area (Å²) in [7, 11) is 6.06. The second-order valence-corrected chi connectivity index (χ2v) is 1.22. The molecule has 0 amide bonds. The van der Waals surface area contributed by atoms with E-state index in [2.05, 4.69) is 0 Å². The van der Waals surface area contributed by atoms with E-state index in [1.54, 1.807) is 0 Å². The van der Waals surface area contributed by atoms with Gasteiger partial charge in [0.05, 0.1) is 7.85 Å². The number of hydrogen-bond acceptors (Lipinski definition) is 0. The maximum atomic E-state index is 4.91. The van der Waals surface area contributed by atoms with Gasteiger partial charge in [-0.15, -0.1) is 0 Å². The van der Waals surface area contributed by atoms with Gasteiger partial charge in [-0.3, -0.25) is 0 Å². The largest absolute Gasteiger partial charge is 0.1000 e. The molecule has 0 aliphatic rings. The van der Waals surface area contributed by atoms with Crippen molar-refractivity contribution < 1.29 is 18.6 Å². The molecule has 0 spiro atoms. The van der Waals surface area contributed by atoms with E-state index in [1.807, 2.05) is 0 Å². The van der Waals surface area contributed by atoms with Crippen LogP contribution in [0.5, 0.6) is 0 Å². The van der Waals surface area contributed by atoms with Crippen LogP contribution in [0.4, 0.5) is 0 Å². The van der Waals surface area contributed by atoms with E-state index in [-0.39, 0.29) is 18.6 Å². The van der Waals surface area contributed by atoms with Gasteiger partial charge in [-0.1, -0.05) is 5.94 Å². The van der Waals surface area contributed by atoms with Crippen molar-refractivity contribution in [3.8, 4) is 0 Å². The molecular weight excluding hydrogens is 102 g/mol. The fourth-order valence-electron chi connectivity index (χ4n) is 0. The van der Waals surface area contributed by atoms with Gasteiger partial charge < -0.3 is 0 Å². The van der Waals surface area contributed by atoms with Crippen LogP contribution in [0.25, 0.3) is 0 Å². The van der Waals surface area contributed by atoms with Crippen LogP contribution < -0.4 is 0 Å². The predicted molar refractivity (Wildman–Crippen MR) is 20.5 cm³/mol. The SMILES string of the molecule is [B]C[SiH3].[V]. The summed E-state index contributed by atoms with van der Waals surface area (Å²) in [4.78, 5) is 0. The summed E-state index contributed by atoms with van der Waals surface area (Å²) < 4.78 is 0. The van der Waals surface area contributed by atoms with Crippen LogP contribution in [0.1, 0.15) is 0 Å². The van der Waals surface area contributed by atoms with Crippen molar-refractivity contribution in [2.75, 3.05) is 0 Å². The van der Waals surface area contributed by atoms with Crippen molar-refractivity contribution in [1.29, 1.82) is 0 Å². The first-order chi connectivity index (χ1) is 1.41. The predicted octanol–water partition coefficient (Wildman–Crippen LogP) is -1.11. The van der Waals surface area contributed by atoms with Crippen molar-refractivity contribution in [2.24, 2.45) is 0 Å². The minimum atomic E-state index is 0. The standard InChI is InChI=1S/CH5BSi.V/c2-1-3;/h1H2,3H3;. The summed E-state index contributed by atoms with van der Waals surface area (Å²) in [5.41, 5.74) is 0. The minimum absolute atomic E-state index is 0. The molecule has 0 bridgehead atoms. The minimum Gasteiger partial charge on any atom is -0.1000 e. The molecule has 0 saturated carbocycles. The zero-order chi connectivity index (χ0) is 2.71. The number of rotatable bonds is 0. The fraction of sp³-hybridized carbons (Fsp3) is 1.00. The first kappa shape index (κ1) is 8.85. The zero-order valence-corrected chi connectivity index (χ0v) is 6.13. The molecule has 0 fully saturated rings. The molecule has 0 N–H and O–H groups in total. The Morgan fingerprint density at radius 2 is 1.75 bits per heavy atom. The Labute approximate surface area is 43.1 Å². The van der Waals surface area contributed by atoms with Crippen LogP contribution in [-0.4, -0.2) is 18.1 Å². The molecule has 0 aliphatic carbocycles. The van der Waals surface area contributed by atoms with Crippen LogP contribution in [0.2, 0.25) is 5.94 Å². The van der Waals surface area contributed by atoms with E-state index >= 15 is 0 Å². The first-order valence-electron chi connectivity index (χ1n) is 1.12. The van der Waals surface area contributed by atoms with Crippen molar-refractivity contribution >= 4 is 18.1 Å². The third kappa shape index (κ3) is 13.3. The van der Waals surface area contributed by atoms with Crippen molar-refractivity contribution in [3.63, 3.8) is 0 Å².